The lowest BCUT2D eigenvalue weighted by atomic mass is 10.0. The van der Waals surface area contributed by atoms with E-state index in [1.165, 1.54) is 0 Å². The molecule has 1 aromatic rings. The van der Waals surface area contributed by atoms with Crippen LogP contribution in [0.5, 0.6) is 0 Å². The SMILES string of the molecule is CCCNC1CCCN(C(=O)c2ccc(C)nc2C)C1. The van der Waals surface area contributed by atoms with Gasteiger partial charge in [0.2, 0.25) is 0 Å². The third-order valence-electron chi connectivity index (χ3n) is 3.85. The molecule has 1 saturated heterocycles. The van der Waals surface area contributed by atoms with Crippen LogP contribution in [-0.2, 0) is 0 Å². The zero-order chi connectivity index (χ0) is 14.5. The molecular weight excluding hydrogens is 250 g/mol. The summed E-state index contributed by atoms with van der Waals surface area (Å²) in [5.41, 5.74) is 2.53. The summed E-state index contributed by atoms with van der Waals surface area (Å²) in [6, 6.07) is 4.26. The van der Waals surface area contributed by atoms with Gasteiger partial charge in [-0.15, -0.1) is 0 Å². The molecule has 4 nitrogen and oxygen atoms in total. The quantitative estimate of drug-likeness (QED) is 0.917. The molecule has 1 aliphatic heterocycles. The number of carbonyl (C=O) groups excluding carboxylic acids is 1. The standard InChI is InChI=1S/C16H25N3O/c1-4-9-17-14-6-5-10-19(11-14)16(20)15-8-7-12(2)18-13(15)3/h7-8,14,17H,4-6,9-11H2,1-3H3. The smallest absolute Gasteiger partial charge is 0.255 e. The number of carbonyl (C=O) groups is 1. The summed E-state index contributed by atoms with van der Waals surface area (Å²) >= 11 is 0. The van der Waals surface area contributed by atoms with Gasteiger partial charge >= 0.3 is 0 Å². The molecule has 0 aromatic carbocycles. The zero-order valence-electron chi connectivity index (χ0n) is 12.8. The minimum atomic E-state index is 0.123. The van der Waals surface area contributed by atoms with Gasteiger partial charge in [-0.05, 0) is 51.8 Å². The van der Waals surface area contributed by atoms with Gasteiger partial charge in [0.25, 0.3) is 5.91 Å². The molecule has 1 aromatic heterocycles. The van der Waals surface area contributed by atoms with Crippen molar-refractivity contribution >= 4 is 5.91 Å². The van der Waals surface area contributed by atoms with Gasteiger partial charge in [0.05, 0.1) is 11.3 Å². The van der Waals surface area contributed by atoms with E-state index in [0.717, 1.165) is 55.8 Å². The van der Waals surface area contributed by atoms with Gasteiger partial charge in [0.15, 0.2) is 0 Å². The molecule has 0 radical (unpaired) electrons. The number of hydrogen-bond acceptors (Lipinski definition) is 3. The van der Waals surface area contributed by atoms with E-state index in [1.807, 2.05) is 30.9 Å². The summed E-state index contributed by atoms with van der Waals surface area (Å²) < 4.78 is 0. The van der Waals surface area contributed by atoms with Crippen LogP contribution in [0.1, 0.15) is 47.9 Å². The van der Waals surface area contributed by atoms with Gasteiger partial charge in [-0.1, -0.05) is 6.92 Å². The number of aryl methyl sites for hydroxylation is 2. The van der Waals surface area contributed by atoms with Gasteiger partial charge in [-0.3, -0.25) is 9.78 Å². The molecule has 2 heterocycles. The van der Waals surface area contributed by atoms with Crippen molar-refractivity contribution in [2.24, 2.45) is 0 Å². The highest BCUT2D eigenvalue weighted by Crippen LogP contribution is 2.16. The maximum atomic E-state index is 12.6. The second-order valence-electron chi connectivity index (χ2n) is 5.63. The molecule has 0 saturated carbocycles. The lowest BCUT2D eigenvalue weighted by molar-refractivity contribution is 0.0694. The van der Waals surface area contributed by atoms with Crippen LogP contribution in [-0.4, -0.2) is 41.5 Å². The topological polar surface area (TPSA) is 45.2 Å². The van der Waals surface area contributed by atoms with Crippen LogP contribution in [0.15, 0.2) is 12.1 Å². The van der Waals surface area contributed by atoms with Gasteiger partial charge in [-0.2, -0.15) is 0 Å². The second kappa shape index (κ2) is 6.84. The van der Waals surface area contributed by atoms with E-state index in [1.54, 1.807) is 0 Å². The summed E-state index contributed by atoms with van der Waals surface area (Å²) in [6.07, 6.45) is 3.37. The van der Waals surface area contributed by atoms with Crippen molar-refractivity contribution < 1.29 is 4.79 Å². The van der Waals surface area contributed by atoms with E-state index in [-0.39, 0.29) is 5.91 Å². The Hall–Kier alpha value is -1.42. The summed E-state index contributed by atoms with van der Waals surface area (Å²) in [5, 5.41) is 3.52. The molecule has 1 amide bonds. The highest BCUT2D eigenvalue weighted by atomic mass is 16.2. The first-order chi connectivity index (χ1) is 9.61. The van der Waals surface area contributed by atoms with E-state index in [4.69, 9.17) is 0 Å². The largest absolute Gasteiger partial charge is 0.337 e. The van der Waals surface area contributed by atoms with Crippen LogP contribution >= 0.6 is 0 Å². The average Bonchev–Trinajstić information content (AvgIpc) is 2.45. The third kappa shape index (κ3) is 3.57. The Morgan fingerprint density at radius 1 is 1.45 bits per heavy atom. The minimum Gasteiger partial charge on any atom is -0.337 e. The Morgan fingerprint density at radius 3 is 2.95 bits per heavy atom. The highest BCUT2D eigenvalue weighted by Gasteiger charge is 2.25. The molecule has 4 heteroatoms. The zero-order valence-corrected chi connectivity index (χ0v) is 12.8. The first kappa shape index (κ1) is 15.0. The molecule has 110 valence electrons. The van der Waals surface area contributed by atoms with Crippen molar-refractivity contribution in [2.45, 2.75) is 46.1 Å². The summed E-state index contributed by atoms with van der Waals surface area (Å²) in [4.78, 5) is 19.0. The molecule has 0 bridgehead atoms. The molecule has 2 rings (SSSR count). The Bertz CT molecular complexity index is 473. The highest BCUT2D eigenvalue weighted by molar-refractivity contribution is 5.95. The van der Waals surface area contributed by atoms with E-state index in [0.29, 0.717) is 6.04 Å². The van der Waals surface area contributed by atoms with Crippen molar-refractivity contribution in [3.8, 4) is 0 Å². The molecular formula is C16H25N3O. The number of amides is 1. The first-order valence-electron chi connectivity index (χ1n) is 7.58. The van der Waals surface area contributed by atoms with Crippen molar-refractivity contribution in [2.75, 3.05) is 19.6 Å². The molecule has 1 aliphatic rings. The average molecular weight is 275 g/mol. The maximum Gasteiger partial charge on any atom is 0.255 e. The predicted molar refractivity (Wildman–Crippen MR) is 80.9 cm³/mol. The van der Waals surface area contributed by atoms with Crippen LogP contribution < -0.4 is 5.32 Å². The number of piperidine rings is 1. The number of likely N-dealkylation sites (tertiary alicyclic amines) is 1. The van der Waals surface area contributed by atoms with Gasteiger partial charge in [0.1, 0.15) is 0 Å². The fourth-order valence-electron chi connectivity index (χ4n) is 2.76. The summed E-state index contributed by atoms with van der Waals surface area (Å²) in [7, 11) is 0. The fourth-order valence-corrected chi connectivity index (χ4v) is 2.76. The Morgan fingerprint density at radius 2 is 2.25 bits per heavy atom. The number of aromatic nitrogens is 1. The molecule has 0 aliphatic carbocycles. The second-order valence-corrected chi connectivity index (χ2v) is 5.63. The maximum absolute atomic E-state index is 12.6. The van der Waals surface area contributed by atoms with Crippen LogP contribution in [0.4, 0.5) is 0 Å². The molecule has 1 fully saturated rings. The van der Waals surface area contributed by atoms with Gasteiger partial charge in [-0.25, -0.2) is 0 Å². The molecule has 1 N–H and O–H groups in total. The van der Waals surface area contributed by atoms with Crippen LogP contribution in [0, 0.1) is 13.8 Å². The van der Waals surface area contributed by atoms with Crippen molar-refractivity contribution in [1.82, 2.24) is 15.2 Å². The monoisotopic (exact) mass is 275 g/mol. The third-order valence-corrected chi connectivity index (χ3v) is 3.85. The van der Waals surface area contributed by atoms with E-state index >= 15 is 0 Å². The van der Waals surface area contributed by atoms with Crippen molar-refractivity contribution in [3.63, 3.8) is 0 Å². The lowest BCUT2D eigenvalue weighted by Crippen LogP contribution is -2.48. The number of pyridine rings is 1. The van der Waals surface area contributed by atoms with Crippen LogP contribution in [0.3, 0.4) is 0 Å². The Labute approximate surface area is 121 Å². The fraction of sp³-hybridized carbons (Fsp3) is 0.625. The van der Waals surface area contributed by atoms with Crippen LogP contribution in [0.2, 0.25) is 0 Å². The van der Waals surface area contributed by atoms with Gasteiger partial charge in [0, 0.05) is 24.8 Å². The van der Waals surface area contributed by atoms with E-state index in [2.05, 4.69) is 17.2 Å². The van der Waals surface area contributed by atoms with E-state index in [9.17, 15) is 4.79 Å². The molecule has 20 heavy (non-hydrogen) atoms. The van der Waals surface area contributed by atoms with Crippen LogP contribution in [0.25, 0.3) is 0 Å². The normalized spacial score (nSPS) is 19.1. The number of nitrogens with zero attached hydrogens (tertiary/aromatic N) is 2. The Balaban J connectivity index is 2.04. The molecule has 1 unspecified atom stereocenters. The minimum absolute atomic E-state index is 0.123. The van der Waals surface area contributed by atoms with Crippen molar-refractivity contribution in [3.05, 3.63) is 29.1 Å². The number of nitrogens with one attached hydrogen (secondary N) is 1. The molecule has 1 atom stereocenters. The summed E-state index contributed by atoms with van der Waals surface area (Å²) in [6.45, 7) is 8.73. The first-order valence-corrected chi connectivity index (χ1v) is 7.58. The Kier molecular flexibility index (Phi) is 5.12. The predicted octanol–water partition coefficient (Wildman–Crippen LogP) is 2.30. The summed E-state index contributed by atoms with van der Waals surface area (Å²) in [5.74, 6) is 0.123. The number of hydrogen-bond donors (Lipinski definition) is 1. The lowest BCUT2D eigenvalue weighted by Gasteiger charge is -2.33. The molecule has 0 spiro atoms. The van der Waals surface area contributed by atoms with E-state index < -0.39 is 0 Å². The van der Waals surface area contributed by atoms with Crippen molar-refractivity contribution in [1.29, 1.82) is 0 Å². The number of rotatable bonds is 4. The van der Waals surface area contributed by atoms with Gasteiger partial charge < -0.3 is 10.2 Å².